The Morgan fingerprint density at radius 1 is 1.18 bits per heavy atom. The Morgan fingerprint density at radius 2 is 1.73 bits per heavy atom. The van der Waals surface area contributed by atoms with Gasteiger partial charge in [0.1, 0.15) is 0 Å². The van der Waals surface area contributed by atoms with Gasteiger partial charge in [0.15, 0.2) is 0 Å². The first kappa shape index (κ1) is 11.9. The number of likely N-dealkylation sites (N-methyl/N-ethyl adjacent to an activating group) is 1. The van der Waals surface area contributed by atoms with Crippen molar-refractivity contribution in [2.45, 2.75) is 6.42 Å². The Morgan fingerprint density at radius 3 is 2.18 bits per heavy atom. The Kier molecular flexibility index (Phi) is 7.02. The van der Waals surface area contributed by atoms with Gasteiger partial charge < -0.3 is 4.90 Å². The van der Waals surface area contributed by atoms with Crippen molar-refractivity contribution in [3.05, 3.63) is 29.8 Å². The molecule has 1 rings (SSSR count). The molecule has 0 N–H and O–H groups in total. The van der Waals surface area contributed by atoms with Gasteiger partial charge in [0.05, 0.1) is 0 Å². The van der Waals surface area contributed by atoms with Gasteiger partial charge >= 0.3 is 51.4 Å². The van der Waals surface area contributed by atoms with Gasteiger partial charge in [0.2, 0.25) is 0 Å². The molecular weight excluding hydrogens is 161 g/mol. The fraction of sp³-hybridized carbons (Fsp3) is 0.444. The van der Waals surface area contributed by atoms with Crippen LogP contribution in [0.15, 0.2) is 24.3 Å². The number of hydrogen-bond donors (Lipinski definition) is 0. The predicted molar refractivity (Wildman–Crippen MR) is 44.3 cm³/mol. The molecule has 1 aromatic rings. The van der Waals surface area contributed by atoms with Crippen molar-refractivity contribution in [1.82, 2.24) is 4.90 Å². The molecule has 56 valence electrons. The summed E-state index contributed by atoms with van der Waals surface area (Å²) in [5.41, 5.74) is 1.44. The van der Waals surface area contributed by atoms with Crippen LogP contribution in [0.25, 0.3) is 0 Å². The Labute approximate surface area is 112 Å². The summed E-state index contributed by atoms with van der Waals surface area (Å²) < 4.78 is 0. The molecular formula is C9H14KN. The van der Waals surface area contributed by atoms with E-state index >= 15 is 0 Å². The minimum atomic E-state index is 0. The van der Waals surface area contributed by atoms with Crippen LogP contribution in [0.5, 0.6) is 0 Å². The van der Waals surface area contributed by atoms with E-state index in [9.17, 15) is 0 Å². The largest absolute Gasteiger partial charge is 1.00 e. The standard InChI is InChI=1S/C9H14N.K/c1-10(2)8-7-9-5-3-4-6-9;/h3-6H,7-8H2,1-2H3;/q-1;+1. The van der Waals surface area contributed by atoms with Gasteiger partial charge in [-0.1, -0.05) is 6.42 Å². The van der Waals surface area contributed by atoms with Crippen LogP contribution in [0, 0.1) is 0 Å². The van der Waals surface area contributed by atoms with Crippen LogP contribution in [0.4, 0.5) is 0 Å². The van der Waals surface area contributed by atoms with E-state index in [1.807, 2.05) is 0 Å². The van der Waals surface area contributed by atoms with E-state index in [-0.39, 0.29) is 51.4 Å². The van der Waals surface area contributed by atoms with Crippen molar-refractivity contribution < 1.29 is 51.4 Å². The molecule has 0 fully saturated rings. The zero-order valence-electron chi connectivity index (χ0n) is 7.67. The smallest absolute Gasteiger partial charge is 0.310 e. The van der Waals surface area contributed by atoms with Crippen LogP contribution in [-0.2, 0) is 6.42 Å². The van der Waals surface area contributed by atoms with Crippen LogP contribution in [0.1, 0.15) is 5.56 Å². The Balaban J connectivity index is 0.000001000. The molecule has 0 aliphatic heterocycles. The van der Waals surface area contributed by atoms with Crippen molar-refractivity contribution in [3.63, 3.8) is 0 Å². The van der Waals surface area contributed by atoms with Gasteiger partial charge in [-0.3, -0.25) is 0 Å². The van der Waals surface area contributed by atoms with Crippen LogP contribution in [-0.4, -0.2) is 25.5 Å². The molecule has 1 aromatic carbocycles. The van der Waals surface area contributed by atoms with Gasteiger partial charge in [-0.25, -0.2) is 12.1 Å². The number of nitrogens with zero attached hydrogens (tertiary/aromatic N) is 1. The summed E-state index contributed by atoms with van der Waals surface area (Å²) in [6.45, 7) is 1.14. The van der Waals surface area contributed by atoms with Gasteiger partial charge in [-0.05, 0) is 20.6 Å². The summed E-state index contributed by atoms with van der Waals surface area (Å²) in [5.74, 6) is 0. The third kappa shape index (κ3) is 5.23. The first-order valence-corrected chi connectivity index (χ1v) is 3.64. The van der Waals surface area contributed by atoms with E-state index in [2.05, 4.69) is 43.3 Å². The van der Waals surface area contributed by atoms with Crippen molar-refractivity contribution in [3.8, 4) is 0 Å². The molecule has 0 saturated heterocycles. The molecule has 0 aliphatic carbocycles. The van der Waals surface area contributed by atoms with Gasteiger partial charge in [0, 0.05) is 0 Å². The minimum Gasteiger partial charge on any atom is -0.310 e. The normalized spacial score (nSPS) is 9.73. The zero-order chi connectivity index (χ0) is 7.40. The van der Waals surface area contributed by atoms with E-state index in [0.717, 1.165) is 6.54 Å². The topological polar surface area (TPSA) is 3.24 Å². The summed E-state index contributed by atoms with van der Waals surface area (Å²) in [6.07, 6.45) is 1.17. The molecule has 11 heavy (non-hydrogen) atoms. The number of rotatable bonds is 3. The molecule has 0 atom stereocenters. The summed E-state index contributed by atoms with van der Waals surface area (Å²) in [7, 11) is 4.20. The molecule has 0 unspecified atom stereocenters. The molecule has 0 saturated carbocycles. The van der Waals surface area contributed by atoms with Crippen molar-refractivity contribution in [2.75, 3.05) is 20.6 Å². The maximum absolute atomic E-state index is 2.20. The molecule has 2 heteroatoms. The first-order valence-electron chi connectivity index (χ1n) is 3.64. The summed E-state index contributed by atoms with van der Waals surface area (Å²) in [4.78, 5) is 2.20. The third-order valence-electron chi connectivity index (χ3n) is 1.58. The summed E-state index contributed by atoms with van der Waals surface area (Å²) >= 11 is 0. The zero-order valence-corrected chi connectivity index (χ0v) is 10.8. The second-order valence-electron chi connectivity index (χ2n) is 2.85. The first-order chi connectivity index (χ1) is 4.79. The van der Waals surface area contributed by atoms with Crippen LogP contribution >= 0.6 is 0 Å². The van der Waals surface area contributed by atoms with Gasteiger partial charge in [-0.2, -0.15) is 17.7 Å². The minimum absolute atomic E-state index is 0. The van der Waals surface area contributed by atoms with E-state index in [0.29, 0.717) is 0 Å². The molecule has 0 amide bonds. The molecule has 0 spiro atoms. The monoisotopic (exact) mass is 175 g/mol. The second-order valence-corrected chi connectivity index (χ2v) is 2.85. The maximum atomic E-state index is 2.20. The molecule has 0 radical (unpaired) electrons. The molecule has 0 aliphatic rings. The molecule has 0 bridgehead atoms. The van der Waals surface area contributed by atoms with E-state index in [4.69, 9.17) is 0 Å². The van der Waals surface area contributed by atoms with Crippen molar-refractivity contribution >= 4 is 0 Å². The molecule has 1 nitrogen and oxygen atoms in total. The average Bonchev–Trinajstić information content (AvgIpc) is 2.34. The van der Waals surface area contributed by atoms with Crippen LogP contribution < -0.4 is 51.4 Å². The SMILES string of the molecule is CN(C)CC[c-]1cccc1.[K+]. The van der Waals surface area contributed by atoms with Crippen LogP contribution in [0.3, 0.4) is 0 Å². The quantitative estimate of drug-likeness (QED) is 0.400. The fourth-order valence-electron chi connectivity index (χ4n) is 0.933. The third-order valence-corrected chi connectivity index (χ3v) is 1.58. The predicted octanol–water partition coefficient (Wildman–Crippen LogP) is -1.49. The Hall–Kier alpha value is 0.946. The average molecular weight is 175 g/mol. The van der Waals surface area contributed by atoms with E-state index in [1.165, 1.54) is 12.0 Å². The summed E-state index contributed by atoms with van der Waals surface area (Å²) in [6, 6.07) is 8.52. The number of hydrogen-bond acceptors (Lipinski definition) is 1. The van der Waals surface area contributed by atoms with Crippen molar-refractivity contribution in [2.24, 2.45) is 0 Å². The maximum Gasteiger partial charge on any atom is 1.00 e. The molecule has 0 heterocycles. The van der Waals surface area contributed by atoms with Gasteiger partial charge in [0.25, 0.3) is 0 Å². The molecule has 0 aromatic heterocycles. The second kappa shape index (κ2) is 6.46. The van der Waals surface area contributed by atoms with Crippen LogP contribution in [0.2, 0.25) is 0 Å². The summed E-state index contributed by atoms with van der Waals surface area (Å²) in [5, 5.41) is 0. The Bertz CT molecular complexity index is 168. The van der Waals surface area contributed by atoms with Crippen molar-refractivity contribution in [1.29, 1.82) is 0 Å². The van der Waals surface area contributed by atoms with E-state index in [1.54, 1.807) is 0 Å². The van der Waals surface area contributed by atoms with E-state index < -0.39 is 0 Å². The van der Waals surface area contributed by atoms with Gasteiger partial charge in [-0.15, -0.1) is 0 Å². The fourth-order valence-corrected chi connectivity index (χ4v) is 0.933.